The lowest BCUT2D eigenvalue weighted by molar-refractivity contribution is 0.706. The van der Waals surface area contributed by atoms with Crippen molar-refractivity contribution in [1.82, 2.24) is 9.97 Å². The van der Waals surface area contributed by atoms with Gasteiger partial charge in [-0.05, 0) is 118 Å². The van der Waals surface area contributed by atoms with E-state index in [9.17, 15) is 0 Å². The molecule has 62 heavy (non-hydrogen) atoms. The summed E-state index contributed by atoms with van der Waals surface area (Å²) in [5, 5.41) is 8.75. The van der Waals surface area contributed by atoms with Crippen LogP contribution in [0, 0.1) is 11.3 Å². The van der Waals surface area contributed by atoms with Crippen molar-refractivity contribution in [2.45, 2.75) is 41.9 Å². The number of nitrogens with one attached hydrogen (secondary N) is 1. The third-order valence-electron chi connectivity index (χ3n) is 12.3. The summed E-state index contributed by atoms with van der Waals surface area (Å²) in [4.78, 5) is 21.5. The van der Waals surface area contributed by atoms with Gasteiger partial charge < -0.3 is 0 Å². The molecule has 3 heterocycles. The molecule has 0 fully saturated rings. The van der Waals surface area contributed by atoms with E-state index in [1.807, 2.05) is 85.0 Å². The van der Waals surface area contributed by atoms with Crippen LogP contribution >= 0.6 is 11.8 Å². The maximum Gasteiger partial charge on any atom is 0.149 e. The summed E-state index contributed by atoms with van der Waals surface area (Å²) in [5.74, 6) is 1.08. The van der Waals surface area contributed by atoms with E-state index >= 15 is 0 Å². The van der Waals surface area contributed by atoms with Crippen molar-refractivity contribution < 1.29 is 0 Å². The number of hydrogen-bond donors (Lipinski definition) is 1. The number of allylic oxidation sites excluding steroid dienone is 13. The maximum absolute atomic E-state index is 8.75. The van der Waals surface area contributed by atoms with Crippen LogP contribution in [0.5, 0.6) is 0 Å². The first-order chi connectivity index (χ1) is 30.6. The molecule has 1 aliphatic heterocycles. The molecule has 2 aromatic heterocycles. The number of amidine groups is 2. The van der Waals surface area contributed by atoms with Crippen LogP contribution in [0.25, 0.3) is 28.6 Å². The van der Waals surface area contributed by atoms with Gasteiger partial charge in [0.1, 0.15) is 11.7 Å². The van der Waals surface area contributed by atoms with E-state index in [-0.39, 0.29) is 17.7 Å². The second-order valence-electron chi connectivity index (χ2n) is 16.0. The van der Waals surface area contributed by atoms with Crippen molar-refractivity contribution in [3.8, 4) is 22.5 Å². The summed E-state index contributed by atoms with van der Waals surface area (Å²) in [7, 11) is 0. The summed E-state index contributed by atoms with van der Waals surface area (Å²) in [6.45, 7) is 4.11. The maximum atomic E-state index is 8.75. The zero-order valence-electron chi connectivity index (χ0n) is 34.4. The minimum Gasteiger partial charge on any atom is -0.283 e. The van der Waals surface area contributed by atoms with Crippen LogP contribution in [0.1, 0.15) is 59.4 Å². The molecule has 5 aromatic rings. The minimum atomic E-state index is -0.496. The van der Waals surface area contributed by atoms with E-state index in [4.69, 9.17) is 20.4 Å². The summed E-state index contributed by atoms with van der Waals surface area (Å²) >= 11 is 1.89. The first-order valence-corrected chi connectivity index (χ1v) is 22.1. The van der Waals surface area contributed by atoms with Gasteiger partial charge in [0.2, 0.25) is 0 Å². The van der Waals surface area contributed by atoms with Crippen LogP contribution in [0.4, 0.5) is 0 Å². The summed E-state index contributed by atoms with van der Waals surface area (Å²) < 4.78 is 0. The zero-order chi connectivity index (χ0) is 41.9. The first-order valence-electron chi connectivity index (χ1n) is 21.3. The Morgan fingerprint density at radius 3 is 2.40 bits per heavy atom. The van der Waals surface area contributed by atoms with Crippen molar-refractivity contribution in [2.24, 2.45) is 15.9 Å². The van der Waals surface area contributed by atoms with Crippen LogP contribution in [0.3, 0.4) is 0 Å². The monoisotopic (exact) mass is 819 g/mol. The van der Waals surface area contributed by atoms with E-state index in [1.165, 1.54) is 48.8 Å². The third-order valence-corrected chi connectivity index (χ3v) is 13.5. The molecular formula is C56H45N5S. The minimum absolute atomic E-state index is 0.00292. The van der Waals surface area contributed by atoms with Crippen LogP contribution in [0.15, 0.2) is 225 Å². The Morgan fingerprint density at radius 2 is 1.65 bits per heavy atom. The Hall–Kier alpha value is -7.02. The molecule has 1 N–H and O–H groups in total. The number of thioether (sulfide) groups is 1. The molecule has 2 unspecified atom stereocenters. The molecule has 0 radical (unpaired) electrons. The molecule has 0 saturated carbocycles. The largest absolute Gasteiger partial charge is 0.283 e. The Morgan fingerprint density at radius 1 is 0.823 bits per heavy atom. The molecule has 0 saturated heterocycles. The number of fused-ring (bicyclic) bond motifs is 9. The second kappa shape index (κ2) is 17.2. The van der Waals surface area contributed by atoms with Gasteiger partial charge in [0, 0.05) is 40.2 Å². The molecule has 4 aliphatic carbocycles. The zero-order valence-corrected chi connectivity index (χ0v) is 35.2. The van der Waals surface area contributed by atoms with Gasteiger partial charge in [-0.1, -0.05) is 158 Å². The van der Waals surface area contributed by atoms with Gasteiger partial charge in [0.15, 0.2) is 0 Å². The topological polar surface area (TPSA) is 74.3 Å². The van der Waals surface area contributed by atoms with Crippen LogP contribution in [0.2, 0.25) is 0 Å². The van der Waals surface area contributed by atoms with E-state index in [2.05, 4.69) is 133 Å². The predicted molar refractivity (Wildman–Crippen MR) is 259 cm³/mol. The normalized spacial score (nSPS) is 19.7. The molecule has 2 atom stereocenters. The average Bonchev–Trinajstić information content (AvgIpc) is 3.63. The smallest absolute Gasteiger partial charge is 0.149 e. The number of aromatic nitrogens is 2. The summed E-state index contributed by atoms with van der Waals surface area (Å²) in [6.07, 6.45) is 36.5. The highest BCUT2D eigenvalue weighted by atomic mass is 32.2. The van der Waals surface area contributed by atoms with E-state index in [0.717, 1.165) is 53.8 Å². The lowest BCUT2D eigenvalue weighted by Crippen LogP contribution is -2.34. The van der Waals surface area contributed by atoms with E-state index in [0.29, 0.717) is 5.84 Å². The number of pyridine rings is 2. The summed E-state index contributed by atoms with van der Waals surface area (Å²) in [6, 6.07) is 35.2. The molecule has 0 amide bonds. The van der Waals surface area contributed by atoms with E-state index in [1.54, 1.807) is 0 Å². The number of benzene rings is 3. The summed E-state index contributed by atoms with van der Waals surface area (Å²) in [5.41, 5.74) is 13.3. The van der Waals surface area contributed by atoms with Gasteiger partial charge >= 0.3 is 0 Å². The average molecular weight is 820 g/mol. The Labute approximate surface area is 368 Å². The van der Waals surface area contributed by atoms with Crippen molar-refractivity contribution in [3.05, 3.63) is 238 Å². The van der Waals surface area contributed by atoms with Crippen LogP contribution in [-0.2, 0) is 5.41 Å². The van der Waals surface area contributed by atoms with Crippen LogP contribution in [-0.4, -0.2) is 27.9 Å². The van der Waals surface area contributed by atoms with Gasteiger partial charge in [0.25, 0.3) is 0 Å². The molecule has 300 valence electrons. The van der Waals surface area contributed by atoms with Gasteiger partial charge in [-0.2, -0.15) is 0 Å². The quantitative estimate of drug-likeness (QED) is 0.0962. The Kier molecular flexibility index (Phi) is 10.8. The lowest BCUT2D eigenvalue weighted by atomic mass is 9.64. The Balaban J connectivity index is 1.03. The van der Waals surface area contributed by atoms with Gasteiger partial charge in [-0.15, -0.1) is 0 Å². The Bertz CT molecular complexity index is 2890. The molecule has 10 rings (SSSR count). The van der Waals surface area contributed by atoms with Crippen molar-refractivity contribution in [1.29, 1.82) is 5.41 Å². The second-order valence-corrected chi connectivity index (χ2v) is 17.1. The SMILES string of the molecule is C=C/C(C=NC(=NC(=N)C1=CC=CCC1)C1C=CC=CC1)=C\C=C\c1ccc2c(c1)C1(C3=CC(c4ccnc(-c5ccccn5)c4)CC=C3S2)c2ccccc2-c2ccccc21. The predicted octanol–water partition coefficient (Wildman–Crippen LogP) is 13.5. The van der Waals surface area contributed by atoms with Gasteiger partial charge in [-0.25, -0.2) is 9.98 Å². The molecule has 6 heteroatoms. The van der Waals surface area contributed by atoms with E-state index < -0.39 is 5.41 Å². The highest BCUT2D eigenvalue weighted by Gasteiger charge is 2.52. The lowest BCUT2D eigenvalue weighted by Gasteiger charge is -2.43. The number of nitrogens with zero attached hydrogens (tertiary/aromatic N) is 4. The first kappa shape index (κ1) is 39.1. The number of rotatable bonds is 8. The van der Waals surface area contributed by atoms with Gasteiger partial charge in [0.05, 0.1) is 16.8 Å². The fourth-order valence-electron chi connectivity index (χ4n) is 9.32. The van der Waals surface area contributed by atoms with Crippen molar-refractivity contribution in [3.63, 3.8) is 0 Å². The fraction of sp³-hybridized carbons (Fsp3) is 0.125. The number of aliphatic imine (C=N–C) groups is 2. The molecule has 0 bridgehead atoms. The van der Waals surface area contributed by atoms with Crippen LogP contribution < -0.4 is 0 Å². The standard InChI is InChI=1S/C56H45N5S/c1-2-38(37-60-55(41-20-7-4-8-21-41)61-54(57)40-18-5-3-6-19-40)16-15-17-39-27-29-52-48(34-39)56(46-24-11-9-22-44(46)45-23-10-12-25-47(45)56)49-35-42(28-30-53(49)62-52)43-31-33-59-51(36-43)50-26-13-14-32-58-50/h2-5,7-18,20,22-27,29-37,41-42,57H,1,6,19,21,28H2/b17-15+,38-16+,57-54?,60-37?,61-55?. The van der Waals surface area contributed by atoms with Crippen molar-refractivity contribution in [2.75, 3.05) is 0 Å². The molecule has 1 spiro atoms. The highest BCUT2D eigenvalue weighted by Crippen LogP contribution is 2.64. The fourth-order valence-corrected chi connectivity index (χ4v) is 10.5. The molecule has 3 aromatic carbocycles. The third kappa shape index (κ3) is 7.31. The van der Waals surface area contributed by atoms with Crippen molar-refractivity contribution >= 4 is 35.7 Å². The molecule has 5 aliphatic rings. The molecule has 5 nitrogen and oxygen atoms in total. The molecular weight excluding hydrogens is 775 g/mol. The van der Waals surface area contributed by atoms with Gasteiger partial charge in [-0.3, -0.25) is 15.4 Å². The highest BCUT2D eigenvalue weighted by molar-refractivity contribution is 8.03. The number of hydrogen-bond acceptors (Lipinski definition) is 4.